The molecule has 0 saturated heterocycles. The second kappa shape index (κ2) is 12.8. The Morgan fingerprint density at radius 2 is 1.50 bits per heavy atom. The second-order valence-electron chi connectivity index (χ2n) is 8.29. The first-order chi connectivity index (χ1) is 19.2. The summed E-state index contributed by atoms with van der Waals surface area (Å²) in [5.74, 6) is -0.958. The molecule has 40 heavy (non-hydrogen) atoms. The summed E-state index contributed by atoms with van der Waals surface area (Å²) in [6, 6.07) is 17.1. The van der Waals surface area contributed by atoms with Gasteiger partial charge in [0, 0.05) is 17.3 Å². The summed E-state index contributed by atoms with van der Waals surface area (Å²) >= 11 is 5.09. The number of rotatable bonds is 6. The number of aromatic nitrogens is 5. The lowest BCUT2D eigenvalue weighted by Gasteiger charge is -2.10. The minimum Gasteiger partial charge on any atom is -0.390 e. The van der Waals surface area contributed by atoms with Gasteiger partial charge in [-0.3, -0.25) is 9.59 Å². The lowest BCUT2D eigenvalue weighted by Crippen LogP contribution is -2.13. The van der Waals surface area contributed by atoms with E-state index in [4.69, 9.17) is 11.6 Å². The summed E-state index contributed by atoms with van der Waals surface area (Å²) in [4.78, 5) is 31.2. The lowest BCUT2D eigenvalue weighted by atomic mass is 10.2. The van der Waals surface area contributed by atoms with Crippen molar-refractivity contribution in [2.24, 2.45) is 0 Å². The highest BCUT2D eigenvalue weighted by Crippen LogP contribution is 2.21. The van der Waals surface area contributed by atoms with E-state index in [2.05, 4.69) is 25.5 Å². The van der Waals surface area contributed by atoms with Gasteiger partial charge in [0.2, 0.25) is 0 Å². The van der Waals surface area contributed by atoms with Crippen LogP contribution in [0.5, 0.6) is 0 Å². The van der Waals surface area contributed by atoms with E-state index in [1.165, 1.54) is 48.5 Å². The number of aryl methyl sites for hydroxylation is 1. The predicted octanol–water partition coefficient (Wildman–Crippen LogP) is 5.12. The van der Waals surface area contributed by atoms with E-state index in [0.717, 1.165) is 11.4 Å². The van der Waals surface area contributed by atoms with Crippen LogP contribution in [-0.2, 0) is 6.61 Å². The summed E-state index contributed by atoms with van der Waals surface area (Å²) in [5, 5.41) is 19.9. The summed E-state index contributed by atoms with van der Waals surface area (Å²) in [7, 11) is 0. The average molecular weight is 563 g/mol. The van der Waals surface area contributed by atoms with Gasteiger partial charge in [-0.05, 0) is 91.3 Å². The Labute approximate surface area is 232 Å². The zero-order valence-corrected chi connectivity index (χ0v) is 21.7. The molecule has 0 bridgehead atoms. The van der Waals surface area contributed by atoms with Crippen molar-refractivity contribution in [1.29, 1.82) is 0 Å². The normalized spacial score (nSPS) is 10.4. The molecule has 3 aromatic heterocycles. The van der Waals surface area contributed by atoms with Gasteiger partial charge in [0.25, 0.3) is 11.1 Å². The van der Waals surface area contributed by atoms with Crippen molar-refractivity contribution < 1.29 is 23.5 Å². The van der Waals surface area contributed by atoms with Gasteiger partial charge in [-0.2, -0.15) is 0 Å². The first-order valence-electron chi connectivity index (χ1n) is 11.7. The van der Waals surface area contributed by atoms with E-state index >= 15 is 0 Å². The maximum Gasteiger partial charge on any atom is 0.256 e. The van der Waals surface area contributed by atoms with E-state index in [1.807, 2.05) is 19.2 Å². The predicted molar refractivity (Wildman–Crippen MR) is 144 cm³/mol. The van der Waals surface area contributed by atoms with Crippen molar-refractivity contribution in [2.45, 2.75) is 13.5 Å². The number of anilines is 1. The molecule has 0 aliphatic rings. The summed E-state index contributed by atoms with van der Waals surface area (Å²) in [6.07, 6.45) is 3.50. The number of imidazole rings is 1. The SMILES string of the molecule is Cc1cn(-c2ccc(-c3ccc(NC(=O)c4ccc(F)cc4)nn3)nc2CO)cn1.O=C(Cl)c1ccc(F)cc1. The van der Waals surface area contributed by atoms with Crippen molar-refractivity contribution >= 4 is 28.6 Å². The van der Waals surface area contributed by atoms with E-state index in [-0.39, 0.29) is 18.2 Å². The molecule has 0 aliphatic heterocycles. The van der Waals surface area contributed by atoms with Gasteiger partial charge in [-0.15, -0.1) is 10.2 Å². The zero-order chi connectivity index (χ0) is 28.6. The topological polar surface area (TPSA) is 123 Å². The molecule has 12 heteroatoms. The lowest BCUT2D eigenvalue weighted by molar-refractivity contribution is 0.102. The van der Waals surface area contributed by atoms with Crippen LogP contribution >= 0.6 is 11.6 Å². The first-order valence-corrected chi connectivity index (χ1v) is 12.1. The van der Waals surface area contributed by atoms with Crippen LogP contribution in [0.15, 0.2) is 85.3 Å². The van der Waals surface area contributed by atoms with Crippen molar-refractivity contribution in [3.05, 3.63) is 119 Å². The Kier molecular flexibility index (Phi) is 9.00. The van der Waals surface area contributed by atoms with Gasteiger partial charge >= 0.3 is 0 Å². The van der Waals surface area contributed by atoms with Crippen LogP contribution in [0, 0.1) is 18.6 Å². The summed E-state index contributed by atoms with van der Waals surface area (Å²) in [6.45, 7) is 1.63. The number of halogens is 3. The van der Waals surface area contributed by atoms with Gasteiger partial charge in [0.15, 0.2) is 5.82 Å². The molecule has 5 aromatic rings. The third-order valence-electron chi connectivity index (χ3n) is 5.44. The number of hydrogen-bond donors (Lipinski definition) is 2. The number of aliphatic hydroxyl groups is 1. The number of nitrogens with one attached hydrogen (secondary N) is 1. The maximum absolute atomic E-state index is 13.0. The van der Waals surface area contributed by atoms with Crippen molar-refractivity contribution in [1.82, 2.24) is 24.7 Å². The maximum atomic E-state index is 13.0. The monoisotopic (exact) mass is 562 g/mol. The fourth-order valence-electron chi connectivity index (χ4n) is 3.45. The molecule has 2 N–H and O–H groups in total. The molecule has 5 rings (SSSR count). The Bertz CT molecular complexity index is 1630. The molecule has 2 aromatic carbocycles. The molecular formula is C28H21ClF2N6O3. The van der Waals surface area contributed by atoms with Crippen LogP contribution < -0.4 is 5.32 Å². The van der Waals surface area contributed by atoms with Gasteiger partial charge in [0.05, 0.1) is 35.7 Å². The van der Waals surface area contributed by atoms with Crippen LogP contribution in [0.1, 0.15) is 32.1 Å². The zero-order valence-electron chi connectivity index (χ0n) is 20.9. The number of hydrogen-bond acceptors (Lipinski definition) is 7. The molecule has 0 atom stereocenters. The number of amides is 1. The molecule has 202 valence electrons. The largest absolute Gasteiger partial charge is 0.390 e. The molecule has 0 radical (unpaired) electrons. The van der Waals surface area contributed by atoms with E-state index < -0.39 is 17.0 Å². The molecule has 0 unspecified atom stereocenters. The molecule has 0 aliphatic carbocycles. The van der Waals surface area contributed by atoms with Crippen LogP contribution in [-0.4, -0.2) is 41.0 Å². The minimum atomic E-state index is -0.569. The minimum absolute atomic E-state index is 0.250. The van der Waals surface area contributed by atoms with E-state index in [9.17, 15) is 23.5 Å². The molecular weight excluding hydrogens is 542 g/mol. The molecule has 1 amide bonds. The van der Waals surface area contributed by atoms with Gasteiger partial charge in [-0.1, -0.05) is 0 Å². The fourth-order valence-corrected chi connectivity index (χ4v) is 3.57. The van der Waals surface area contributed by atoms with Gasteiger partial charge < -0.3 is 15.0 Å². The second-order valence-corrected chi connectivity index (χ2v) is 8.63. The fraction of sp³-hybridized carbons (Fsp3) is 0.0714. The number of pyridine rings is 1. The smallest absolute Gasteiger partial charge is 0.256 e. The number of benzene rings is 2. The van der Waals surface area contributed by atoms with Gasteiger partial charge in [-0.25, -0.2) is 18.7 Å². The Balaban J connectivity index is 0.000000312. The van der Waals surface area contributed by atoms with Crippen LogP contribution in [0.25, 0.3) is 17.1 Å². The number of carbonyl (C=O) groups is 2. The highest BCUT2D eigenvalue weighted by Gasteiger charge is 2.12. The van der Waals surface area contributed by atoms with Crippen LogP contribution in [0.2, 0.25) is 0 Å². The highest BCUT2D eigenvalue weighted by atomic mass is 35.5. The van der Waals surface area contributed by atoms with Gasteiger partial charge in [0.1, 0.15) is 17.3 Å². The number of nitrogens with zero attached hydrogens (tertiary/aromatic N) is 5. The number of carbonyl (C=O) groups excluding carboxylic acids is 2. The van der Waals surface area contributed by atoms with Crippen molar-refractivity contribution in [3.63, 3.8) is 0 Å². The quantitative estimate of drug-likeness (QED) is 0.275. The van der Waals surface area contributed by atoms with Crippen molar-refractivity contribution in [3.8, 4) is 17.1 Å². The number of aliphatic hydroxyl groups excluding tert-OH is 1. The molecule has 0 fully saturated rings. The Morgan fingerprint density at radius 3 is 2.02 bits per heavy atom. The molecule has 0 spiro atoms. The van der Waals surface area contributed by atoms with Crippen LogP contribution in [0.4, 0.5) is 14.6 Å². The molecule has 0 saturated carbocycles. The molecule has 3 heterocycles. The highest BCUT2D eigenvalue weighted by molar-refractivity contribution is 6.67. The standard InChI is InChI=1S/C21H17FN6O2.C7H4ClFO/c1-13-10-28(12-23-13)19-8-6-16(24-18(19)11-29)17-7-9-20(27-26-17)25-21(30)14-2-4-15(22)5-3-14;8-7(10)5-1-3-6(9)4-2-5/h2-10,12,29H,11H2,1H3,(H,25,27,30);1-4H. The van der Waals surface area contributed by atoms with E-state index in [0.29, 0.717) is 28.2 Å². The summed E-state index contributed by atoms with van der Waals surface area (Å²) < 4.78 is 27.0. The van der Waals surface area contributed by atoms with Crippen LogP contribution in [0.3, 0.4) is 0 Å². The van der Waals surface area contributed by atoms with E-state index in [1.54, 1.807) is 29.1 Å². The Hall–Kier alpha value is -4.87. The third-order valence-corrected chi connectivity index (χ3v) is 5.65. The Morgan fingerprint density at radius 1 is 0.875 bits per heavy atom. The summed E-state index contributed by atoms with van der Waals surface area (Å²) in [5.41, 5.74) is 3.68. The first kappa shape index (κ1) is 28.1. The average Bonchev–Trinajstić information content (AvgIpc) is 3.40. The molecule has 9 nitrogen and oxygen atoms in total. The van der Waals surface area contributed by atoms with Crippen molar-refractivity contribution in [2.75, 3.05) is 5.32 Å². The third kappa shape index (κ3) is 7.16.